The monoisotopic (exact) mass is 312 g/mol. The van der Waals surface area contributed by atoms with E-state index < -0.39 is 5.97 Å². The predicted octanol–water partition coefficient (Wildman–Crippen LogP) is 4.05. The molecule has 120 valence electrons. The van der Waals surface area contributed by atoms with Gasteiger partial charge in [0.2, 0.25) is 0 Å². The molecule has 2 aromatic rings. The molecular formula is C19H20O4. The van der Waals surface area contributed by atoms with Gasteiger partial charge in [0.15, 0.2) is 0 Å². The average Bonchev–Trinajstić information content (AvgIpc) is 2.60. The lowest BCUT2D eigenvalue weighted by Gasteiger charge is -2.13. The van der Waals surface area contributed by atoms with Crippen molar-refractivity contribution in [1.82, 2.24) is 0 Å². The third kappa shape index (κ3) is 3.72. The Morgan fingerprint density at radius 3 is 2.26 bits per heavy atom. The summed E-state index contributed by atoms with van der Waals surface area (Å²) in [4.78, 5) is 12.2. The molecule has 0 radical (unpaired) electrons. The molecule has 0 saturated carbocycles. The first-order chi connectivity index (χ1) is 11.1. The Hall–Kier alpha value is -2.75. The Bertz CT molecular complexity index is 718. The second-order valence-corrected chi connectivity index (χ2v) is 4.98. The summed E-state index contributed by atoms with van der Waals surface area (Å²) in [6.07, 6.45) is 1.92. The van der Waals surface area contributed by atoms with E-state index in [2.05, 4.69) is 0 Å². The molecule has 0 aliphatic rings. The molecule has 0 aliphatic carbocycles. The summed E-state index contributed by atoms with van der Waals surface area (Å²) in [6.45, 7) is 1.99. The van der Waals surface area contributed by atoms with Gasteiger partial charge in [0.05, 0.1) is 21.3 Å². The summed E-state index contributed by atoms with van der Waals surface area (Å²) in [7, 11) is 4.44. The van der Waals surface area contributed by atoms with Gasteiger partial charge < -0.3 is 14.2 Å². The SMILES string of the molecule is COC(=O)c1c(C=C(C)c2ccccc2)cc(OC)cc1OC. The van der Waals surface area contributed by atoms with E-state index >= 15 is 0 Å². The maximum absolute atomic E-state index is 12.2. The van der Waals surface area contributed by atoms with Gasteiger partial charge in [0.1, 0.15) is 17.1 Å². The number of rotatable bonds is 5. The van der Waals surface area contributed by atoms with Gasteiger partial charge in [-0.1, -0.05) is 36.4 Å². The zero-order valence-corrected chi connectivity index (χ0v) is 13.8. The van der Waals surface area contributed by atoms with Crippen LogP contribution in [0.1, 0.15) is 28.4 Å². The van der Waals surface area contributed by atoms with E-state index in [1.54, 1.807) is 19.2 Å². The number of carbonyl (C=O) groups excluding carboxylic acids is 1. The van der Waals surface area contributed by atoms with Crippen molar-refractivity contribution in [1.29, 1.82) is 0 Å². The van der Waals surface area contributed by atoms with Crippen molar-refractivity contribution in [3.05, 3.63) is 59.2 Å². The fraction of sp³-hybridized carbons (Fsp3) is 0.211. The van der Waals surface area contributed by atoms with Gasteiger partial charge in [-0.05, 0) is 29.7 Å². The first-order valence-corrected chi connectivity index (χ1v) is 7.18. The lowest BCUT2D eigenvalue weighted by atomic mass is 10.00. The van der Waals surface area contributed by atoms with Crippen molar-refractivity contribution in [3.8, 4) is 11.5 Å². The number of carbonyl (C=O) groups is 1. The van der Waals surface area contributed by atoms with Gasteiger partial charge in [-0.25, -0.2) is 4.79 Å². The molecule has 0 heterocycles. The van der Waals surface area contributed by atoms with Crippen LogP contribution in [0.4, 0.5) is 0 Å². The number of hydrogen-bond acceptors (Lipinski definition) is 4. The van der Waals surface area contributed by atoms with Gasteiger partial charge >= 0.3 is 5.97 Å². The zero-order chi connectivity index (χ0) is 16.8. The molecule has 0 spiro atoms. The van der Waals surface area contributed by atoms with Crippen LogP contribution >= 0.6 is 0 Å². The molecule has 2 rings (SSSR count). The zero-order valence-electron chi connectivity index (χ0n) is 13.8. The number of methoxy groups -OCH3 is 3. The normalized spacial score (nSPS) is 11.0. The standard InChI is InChI=1S/C19H20O4/c1-13(14-8-6-5-7-9-14)10-15-11-16(21-2)12-17(22-3)18(15)19(20)23-4/h5-12H,1-4H3. The molecule has 0 saturated heterocycles. The Morgan fingerprint density at radius 2 is 1.70 bits per heavy atom. The maximum atomic E-state index is 12.2. The highest BCUT2D eigenvalue weighted by Crippen LogP contribution is 2.32. The highest BCUT2D eigenvalue weighted by Gasteiger charge is 2.19. The first kappa shape index (κ1) is 16.6. The van der Waals surface area contributed by atoms with Gasteiger partial charge in [-0.2, -0.15) is 0 Å². The number of benzene rings is 2. The summed E-state index contributed by atoms with van der Waals surface area (Å²) < 4.78 is 15.5. The molecule has 4 nitrogen and oxygen atoms in total. The number of ether oxygens (including phenoxy) is 3. The summed E-state index contributed by atoms with van der Waals surface area (Å²) >= 11 is 0. The Kier molecular flexibility index (Phi) is 5.41. The lowest BCUT2D eigenvalue weighted by Crippen LogP contribution is -2.07. The predicted molar refractivity (Wildman–Crippen MR) is 90.9 cm³/mol. The van der Waals surface area contributed by atoms with Crippen LogP contribution in [-0.2, 0) is 4.74 Å². The Labute approximate surface area is 136 Å². The molecule has 0 fully saturated rings. The minimum atomic E-state index is -0.448. The van der Waals surface area contributed by atoms with Crippen LogP contribution in [0, 0.1) is 0 Å². The van der Waals surface area contributed by atoms with Crippen molar-refractivity contribution in [2.75, 3.05) is 21.3 Å². The van der Waals surface area contributed by atoms with Crippen molar-refractivity contribution in [2.45, 2.75) is 6.92 Å². The lowest BCUT2D eigenvalue weighted by molar-refractivity contribution is 0.0597. The van der Waals surface area contributed by atoms with Crippen LogP contribution in [0.5, 0.6) is 11.5 Å². The van der Waals surface area contributed by atoms with Crippen LogP contribution in [-0.4, -0.2) is 27.3 Å². The molecule has 0 bridgehead atoms. The summed E-state index contributed by atoms with van der Waals surface area (Å²) in [5.41, 5.74) is 3.16. The summed E-state index contributed by atoms with van der Waals surface area (Å²) in [6, 6.07) is 13.4. The summed E-state index contributed by atoms with van der Waals surface area (Å²) in [5, 5.41) is 0. The Morgan fingerprint density at radius 1 is 1.00 bits per heavy atom. The van der Waals surface area contributed by atoms with E-state index in [0.29, 0.717) is 22.6 Å². The van der Waals surface area contributed by atoms with Crippen molar-refractivity contribution < 1.29 is 19.0 Å². The molecule has 0 aliphatic heterocycles. The highest BCUT2D eigenvalue weighted by atomic mass is 16.5. The third-order valence-corrected chi connectivity index (χ3v) is 3.55. The van der Waals surface area contributed by atoms with Crippen LogP contribution in [0.3, 0.4) is 0 Å². The van der Waals surface area contributed by atoms with Crippen LogP contribution in [0.25, 0.3) is 11.6 Å². The Balaban J connectivity index is 2.61. The molecule has 0 amide bonds. The van der Waals surface area contributed by atoms with Crippen LogP contribution in [0.2, 0.25) is 0 Å². The number of hydrogen-bond donors (Lipinski definition) is 0. The second-order valence-electron chi connectivity index (χ2n) is 4.98. The fourth-order valence-electron chi connectivity index (χ4n) is 2.34. The molecular weight excluding hydrogens is 292 g/mol. The average molecular weight is 312 g/mol. The molecule has 23 heavy (non-hydrogen) atoms. The number of allylic oxidation sites excluding steroid dienone is 1. The fourth-order valence-corrected chi connectivity index (χ4v) is 2.34. The van der Waals surface area contributed by atoms with Crippen LogP contribution in [0.15, 0.2) is 42.5 Å². The van der Waals surface area contributed by atoms with Gasteiger partial charge in [0, 0.05) is 6.07 Å². The van der Waals surface area contributed by atoms with Crippen LogP contribution < -0.4 is 9.47 Å². The smallest absolute Gasteiger partial charge is 0.342 e. The van der Waals surface area contributed by atoms with Gasteiger partial charge in [0.25, 0.3) is 0 Å². The van der Waals surface area contributed by atoms with E-state index in [9.17, 15) is 4.79 Å². The van der Waals surface area contributed by atoms with Gasteiger partial charge in [-0.15, -0.1) is 0 Å². The molecule has 4 heteroatoms. The minimum Gasteiger partial charge on any atom is -0.497 e. The largest absolute Gasteiger partial charge is 0.497 e. The quantitative estimate of drug-likeness (QED) is 0.617. The topological polar surface area (TPSA) is 44.8 Å². The first-order valence-electron chi connectivity index (χ1n) is 7.18. The molecule has 2 aromatic carbocycles. The molecule has 0 N–H and O–H groups in total. The van der Waals surface area contributed by atoms with E-state index in [1.807, 2.05) is 43.3 Å². The molecule has 0 atom stereocenters. The number of esters is 1. The molecule has 0 aromatic heterocycles. The second kappa shape index (κ2) is 7.49. The minimum absolute atomic E-state index is 0.381. The molecule has 0 unspecified atom stereocenters. The van der Waals surface area contributed by atoms with E-state index in [4.69, 9.17) is 14.2 Å². The van der Waals surface area contributed by atoms with E-state index in [1.165, 1.54) is 14.2 Å². The third-order valence-electron chi connectivity index (χ3n) is 3.55. The van der Waals surface area contributed by atoms with Crippen molar-refractivity contribution in [3.63, 3.8) is 0 Å². The highest BCUT2D eigenvalue weighted by molar-refractivity contribution is 5.99. The summed E-state index contributed by atoms with van der Waals surface area (Å²) in [5.74, 6) is 0.585. The van der Waals surface area contributed by atoms with Crippen molar-refractivity contribution in [2.24, 2.45) is 0 Å². The maximum Gasteiger partial charge on any atom is 0.342 e. The van der Waals surface area contributed by atoms with E-state index in [-0.39, 0.29) is 0 Å². The van der Waals surface area contributed by atoms with Crippen molar-refractivity contribution >= 4 is 17.6 Å². The van der Waals surface area contributed by atoms with E-state index in [0.717, 1.165) is 11.1 Å². The van der Waals surface area contributed by atoms with Gasteiger partial charge in [-0.3, -0.25) is 0 Å².